The van der Waals surface area contributed by atoms with Crippen molar-refractivity contribution >= 4 is 26.5 Å². The zero-order valence-electron chi connectivity index (χ0n) is 14.9. The summed E-state index contributed by atoms with van der Waals surface area (Å²) in [6.45, 7) is 3.78. The molecule has 6 nitrogen and oxygen atoms in total. The largest absolute Gasteiger partial charge is 0.276 e. The zero-order valence-corrected chi connectivity index (χ0v) is 15.7. The summed E-state index contributed by atoms with van der Waals surface area (Å²) in [5.74, 6) is 0.437. The number of pyridine rings is 1. The molecule has 0 aliphatic rings. The first-order valence-electron chi connectivity index (χ1n) is 8.45. The minimum absolute atomic E-state index is 0.226. The van der Waals surface area contributed by atoms with Gasteiger partial charge in [0.05, 0.1) is 16.3 Å². The Bertz CT molecular complexity index is 1240. The van der Waals surface area contributed by atoms with Crippen LogP contribution in [0.3, 0.4) is 0 Å². The molecule has 0 aliphatic heterocycles. The zero-order chi connectivity index (χ0) is 19.0. The van der Waals surface area contributed by atoms with E-state index in [1.807, 2.05) is 44.2 Å². The summed E-state index contributed by atoms with van der Waals surface area (Å²) in [5.41, 5.74) is 2.08. The Morgan fingerprint density at radius 1 is 0.963 bits per heavy atom. The molecule has 0 spiro atoms. The fourth-order valence-corrected chi connectivity index (χ4v) is 4.41. The Hall–Kier alpha value is -3.19. The van der Waals surface area contributed by atoms with Crippen LogP contribution in [-0.2, 0) is 10.0 Å². The molecule has 0 bridgehead atoms. The third-order valence-corrected chi connectivity index (χ3v) is 5.70. The molecule has 136 valence electrons. The number of benzene rings is 2. The van der Waals surface area contributed by atoms with E-state index < -0.39 is 10.0 Å². The highest BCUT2D eigenvalue weighted by molar-refractivity contribution is 7.93. The van der Waals surface area contributed by atoms with Crippen LogP contribution in [0.15, 0.2) is 71.8 Å². The average Bonchev–Trinajstić information content (AvgIpc) is 2.99. The lowest BCUT2D eigenvalue weighted by Gasteiger charge is -2.14. The van der Waals surface area contributed by atoms with E-state index in [2.05, 4.69) is 14.8 Å². The van der Waals surface area contributed by atoms with Gasteiger partial charge in [0.1, 0.15) is 0 Å². The number of anilines is 1. The van der Waals surface area contributed by atoms with E-state index >= 15 is 0 Å². The molecule has 0 amide bonds. The average molecular weight is 378 g/mol. The molecule has 0 fully saturated rings. The maximum absolute atomic E-state index is 13.1. The molecule has 0 atom stereocenters. The molecule has 2 aromatic heterocycles. The molecule has 4 rings (SSSR count). The molecule has 7 heteroatoms. The maximum atomic E-state index is 13.1. The molecule has 0 radical (unpaired) electrons. The van der Waals surface area contributed by atoms with Crippen molar-refractivity contribution in [2.75, 3.05) is 4.72 Å². The fraction of sp³-hybridized carbons (Fsp3) is 0.100. The summed E-state index contributed by atoms with van der Waals surface area (Å²) in [6, 6.07) is 17.9. The Morgan fingerprint density at radius 2 is 1.74 bits per heavy atom. The van der Waals surface area contributed by atoms with Gasteiger partial charge in [-0.25, -0.2) is 18.1 Å². The Labute approximate surface area is 157 Å². The molecule has 0 saturated heterocycles. The van der Waals surface area contributed by atoms with Crippen LogP contribution in [-0.4, -0.2) is 23.2 Å². The fourth-order valence-electron chi connectivity index (χ4n) is 3.12. The number of aryl methyl sites for hydroxylation is 2. The van der Waals surface area contributed by atoms with Crippen molar-refractivity contribution < 1.29 is 8.42 Å². The molecule has 27 heavy (non-hydrogen) atoms. The second kappa shape index (κ2) is 6.51. The van der Waals surface area contributed by atoms with Gasteiger partial charge in [0, 0.05) is 17.3 Å². The van der Waals surface area contributed by atoms with Crippen LogP contribution in [0.2, 0.25) is 0 Å². The quantitative estimate of drug-likeness (QED) is 0.585. The predicted octanol–water partition coefficient (Wildman–Crippen LogP) is 3.84. The Kier molecular flexibility index (Phi) is 4.16. The van der Waals surface area contributed by atoms with Gasteiger partial charge < -0.3 is 0 Å². The normalized spacial score (nSPS) is 11.6. The number of hydrogen-bond acceptors (Lipinski definition) is 4. The van der Waals surface area contributed by atoms with Gasteiger partial charge >= 0.3 is 0 Å². The lowest BCUT2D eigenvalue weighted by molar-refractivity contribution is 0.602. The number of nitrogens with zero attached hydrogens (tertiary/aromatic N) is 3. The number of fused-ring (bicyclic) bond motifs is 1. The predicted molar refractivity (Wildman–Crippen MR) is 106 cm³/mol. The van der Waals surface area contributed by atoms with Gasteiger partial charge in [-0.15, -0.1) is 0 Å². The van der Waals surface area contributed by atoms with E-state index in [0.29, 0.717) is 16.9 Å². The molecule has 2 heterocycles. The van der Waals surface area contributed by atoms with Crippen LogP contribution < -0.4 is 4.72 Å². The Balaban J connectivity index is 1.82. The van der Waals surface area contributed by atoms with E-state index in [9.17, 15) is 8.42 Å². The summed E-state index contributed by atoms with van der Waals surface area (Å²) < 4.78 is 30.6. The van der Waals surface area contributed by atoms with Crippen LogP contribution >= 0.6 is 0 Å². The molecule has 1 N–H and O–H groups in total. The van der Waals surface area contributed by atoms with Crippen molar-refractivity contribution in [2.24, 2.45) is 0 Å². The highest BCUT2D eigenvalue weighted by atomic mass is 32.2. The molecule has 0 aliphatic carbocycles. The minimum atomic E-state index is -3.81. The van der Waals surface area contributed by atoms with Gasteiger partial charge in [-0.05, 0) is 43.5 Å². The molecular formula is C20H18N4O2S. The van der Waals surface area contributed by atoms with Crippen molar-refractivity contribution in [2.45, 2.75) is 18.7 Å². The van der Waals surface area contributed by atoms with E-state index in [1.165, 1.54) is 0 Å². The maximum Gasteiger partial charge on any atom is 0.262 e. The van der Waals surface area contributed by atoms with Crippen LogP contribution in [0.4, 0.5) is 5.69 Å². The number of rotatable bonds is 4. The number of aromatic nitrogens is 3. The van der Waals surface area contributed by atoms with Crippen LogP contribution in [0, 0.1) is 13.8 Å². The Morgan fingerprint density at radius 3 is 2.52 bits per heavy atom. The first-order valence-corrected chi connectivity index (χ1v) is 9.93. The minimum Gasteiger partial charge on any atom is -0.276 e. The van der Waals surface area contributed by atoms with Gasteiger partial charge in [-0.1, -0.05) is 36.4 Å². The molecular weight excluding hydrogens is 360 g/mol. The summed E-state index contributed by atoms with van der Waals surface area (Å²) in [5, 5.41) is 5.95. The summed E-state index contributed by atoms with van der Waals surface area (Å²) in [6.07, 6.45) is 1.61. The lowest BCUT2D eigenvalue weighted by atomic mass is 10.1. The van der Waals surface area contributed by atoms with Gasteiger partial charge in [-0.3, -0.25) is 4.72 Å². The van der Waals surface area contributed by atoms with Gasteiger partial charge in [0.2, 0.25) is 0 Å². The first kappa shape index (κ1) is 17.2. The smallest absolute Gasteiger partial charge is 0.262 e. The van der Waals surface area contributed by atoms with Crippen molar-refractivity contribution in [3.63, 3.8) is 0 Å². The van der Waals surface area contributed by atoms with Crippen molar-refractivity contribution in [3.05, 3.63) is 78.2 Å². The summed E-state index contributed by atoms with van der Waals surface area (Å²) in [7, 11) is -3.81. The van der Waals surface area contributed by atoms with Gasteiger partial charge in [-0.2, -0.15) is 5.10 Å². The van der Waals surface area contributed by atoms with Crippen LogP contribution in [0.25, 0.3) is 16.6 Å². The summed E-state index contributed by atoms with van der Waals surface area (Å²) in [4.78, 5) is 4.56. The number of nitrogens with one attached hydrogen (secondary N) is 1. The van der Waals surface area contributed by atoms with E-state index in [-0.39, 0.29) is 4.90 Å². The number of sulfonamides is 1. The third kappa shape index (κ3) is 3.17. The number of hydrogen-bond donors (Lipinski definition) is 1. The highest BCUT2D eigenvalue weighted by Crippen LogP contribution is 2.27. The molecule has 2 aromatic carbocycles. The van der Waals surface area contributed by atoms with E-state index in [1.54, 1.807) is 41.2 Å². The van der Waals surface area contributed by atoms with E-state index in [0.717, 1.165) is 16.8 Å². The highest BCUT2D eigenvalue weighted by Gasteiger charge is 2.20. The lowest BCUT2D eigenvalue weighted by Crippen LogP contribution is -2.16. The molecule has 4 aromatic rings. The topological polar surface area (TPSA) is 76.9 Å². The standard InChI is InChI=1S/C20H18N4O2S/c1-14-13-15(2)24(22-14)20-18(10-6-12-21-20)23-27(25,26)19-11-5-8-16-7-3-4-9-17(16)19/h3-13,23H,1-2H3. The van der Waals surface area contributed by atoms with E-state index in [4.69, 9.17) is 0 Å². The SMILES string of the molecule is Cc1cc(C)n(-c2ncccc2NS(=O)(=O)c2cccc3ccccc23)n1. The monoisotopic (exact) mass is 378 g/mol. The summed E-state index contributed by atoms with van der Waals surface area (Å²) >= 11 is 0. The second-order valence-corrected chi connectivity index (χ2v) is 7.95. The van der Waals surface area contributed by atoms with Gasteiger partial charge in [0.25, 0.3) is 10.0 Å². The van der Waals surface area contributed by atoms with Crippen LogP contribution in [0.1, 0.15) is 11.4 Å². The molecule has 0 saturated carbocycles. The van der Waals surface area contributed by atoms with Gasteiger partial charge in [0.15, 0.2) is 5.82 Å². The van der Waals surface area contributed by atoms with Crippen molar-refractivity contribution in [1.82, 2.24) is 14.8 Å². The molecule has 0 unspecified atom stereocenters. The first-order chi connectivity index (χ1) is 13.0. The van der Waals surface area contributed by atoms with Crippen molar-refractivity contribution in [1.29, 1.82) is 0 Å². The van der Waals surface area contributed by atoms with Crippen LogP contribution in [0.5, 0.6) is 0 Å². The third-order valence-electron chi connectivity index (χ3n) is 4.28. The van der Waals surface area contributed by atoms with Crippen molar-refractivity contribution in [3.8, 4) is 5.82 Å². The second-order valence-electron chi connectivity index (χ2n) is 6.30.